The van der Waals surface area contributed by atoms with E-state index < -0.39 is 0 Å². The van der Waals surface area contributed by atoms with E-state index in [0.717, 1.165) is 45.9 Å². The van der Waals surface area contributed by atoms with Gasteiger partial charge >= 0.3 is 0 Å². The van der Waals surface area contributed by atoms with Crippen LogP contribution < -0.4 is 5.32 Å². The van der Waals surface area contributed by atoms with Gasteiger partial charge in [-0.15, -0.1) is 11.3 Å². The lowest BCUT2D eigenvalue weighted by Crippen LogP contribution is -2.14. The Balaban J connectivity index is 1.44. The van der Waals surface area contributed by atoms with Crippen LogP contribution in [0.15, 0.2) is 65.9 Å². The van der Waals surface area contributed by atoms with Crippen molar-refractivity contribution in [3.8, 4) is 27.4 Å². The summed E-state index contributed by atoms with van der Waals surface area (Å²) in [6.45, 7) is 2.11. The maximum atomic E-state index is 9.79. The number of hydrogen-bond acceptors (Lipinski definition) is 7. The van der Waals surface area contributed by atoms with Crippen molar-refractivity contribution in [1.82, 2.24) is 25.1 Å². The fourth-order valence-electron chi connectivity index (χ4n) is 4.08. The van der Waals surface area contributed by atoms with Gasteiger partial charge in [0.15, 0.2) is 0 Å². The van der Waals surface area contributed by atoms with Crippen molar-refractivity contribution < 1.29 is 5.11 Å². The van der Waals surface area contributed by atoms with E-state index in [2.05, 4.69) is 56.0 Å². The minimum Gasteiger partial charge on any atom is -0.506 e. The highest BCUT2D eigenvalue weighted by molar-refractivity contribution is 7.13. The van der Waals surface area contributed by atoms with Gasteiger partial charge in [-0.3, -0.25) is 10.1 Å². The number of rotatable bonds is 3. The molecule has 0 spiro atoms. The lowest BCUT2D eigenvalue weighted by atomic mass is 9.95. The Labute approximate surface area is 187 Å². The molecule has 0 unspecified atom stereocenters. The van der Waals surface area contributed by atoms with E-state index in [1.807, 2.05) is 18.3 Å². The first-order valence-electron chi connectivity index (χ1n) is 10.2. The fourth-order valence-corrected chi connectivity index (χ4v) is 4.86. The molecule has 6 heterocycles. The zero-order valence-corrected chi connectivity index (χ0v) is 17.9. The Bertz CT molecular complexity index is 1500. The largest absolute Gasteiger partial charge is 0.506 e. The summed E-state index contributed by atoms with van der Waals surface area (Å²) >= 11 is 1.73. The molecule has 0 atom stereocenters. The molecule has 7 nitrogen and oxygen atoms in total. The third-order valence-corrected chi connectivity index (χ3v) is 6.52. The van der Waals surface area contributed by atoms with Gasteiger partial charge in [0.2, 0.25) is 0 Å². The number of allylic oxidation sites excluding steroid dienone is 1. The Hall–Kier alpha value is -4.04. The second-order valence-electron chi connectivity index (χ2n) is 7.72. The lowest BCUT2D eigenvalue weighted by molar-refractivity contribution is 0.473. The molecular formula is C24H18N6OS. The molecule has 1 aliphatic rings. The Morgan fingerprint density at radius 2 is 2.06 bits per heavy atom. The minimum absolute atomic E-state index is 0.105. The Morgan fingerprint density at radius 3 is 2.91 bits per heavy atom. The number of anilines is 1. The number of pyridine rings is 3. The van der Waals surface area contributed by atoms with E-state index in [1.54, 1.807) is 23.6 Å². The van der Waals surface area contributed by atoms with Gasteiger partial charge in [-0.05, 0) is 54.6 Å². The molecule has 0 aliphatic carbocycles. The Morgan fingerprint density at radius 1 is 1.12 bits per heavy atom. The van der Waals surface area contributed by atoms with Crippen molar-refractivity contribution in [3.63, 3.8) is 0 Å². The van der Waals surface area contributed by atoms with Crippen LogP contribution in [-0.4, -0.2) is 30.3 Å². The van der Waals surface area contributed by atoms with Crippen molar-refractivity contribution in [2.24, 2.45) is 0 Å². The molecule has 0 fully saturated rings. The number of hydrogen-bond donors (Lipinski definition) is 3. The maximum Gasteiger partial charge on any atom is 0.135 e. The number of fused-ring (bicyclic) bond motifs is 2. The second-order valence-corrected chi connectivity index (χ2v) is 8.66. The molecule has 8 heteroatoms. The predicted octanol–water partition coefficient (Wildman–Crippen LogP) is 5.25. The molecule has 5 aromatic heterocycles. The normalized spacial score (nSPS) is 13.3. The molecule has 0 saturated carbocycles. The SMILES string of the molecule is CC1=C(c2n[nH]c3ccc(-c4cncc(O)c4)nc23)Nc2nccc(-c3cccs3)c2C1. The summed E-state index contributed by atoms with van der Waals surface area (Å²) in [7, 11) is 0. The van der Waals surface area contributed by atoms with E-state index in [9.17, 15) is 5.11 Å². The van der Waals surface area contributed by atoms with Crippen LogP contribution in [0.5, 0.6) is 5.75 Å². The highest BCUT2D eigenvalue weighted by atomic mass is 32.1. The zero-order chi connectivity index (χ0) is 21.7. The molecule has 156 valence electrons. The van der Waals surface area contributed by atoms with Crippen molar-refractivity contribution in [2.45, 2.75) is 13.3 Å². The van der Waals surface area contributed by atoms with Crippen LogP contribution in [0.4, 0.5) is 5.82 Å². The van der Waals surface area contributed by atoms with E-state index >= 15 is 0 Å². The van der Waals surface area contributed by atoms with E-state index in [0.29, 0.717) is 0 Å². The van der Waals surface area contributed by atoms with Crippen molar-refractivity contribution in [1.29, 1.82) is 0 Å². The molecule has 1 aliphatic heterocycles. The van der Waals surface area contributed by atoms with E-state index in [4.69, 9.17) is 4.98 Å². The molecule has 0 aromatic carbocycles. The number of H-pyrrole nitrogens is 1. The van der Waals surface area contributed by atoms with E-state index in [-0.39, 0.29) is 5.75 Å². The lowest BCUT2D eigenvalue weighted by Gasteiger charge is -2.23. The van der Waals surface area contributed by atoms with Gasteiger partial charge < -0.3 is 10.4 Å². The molecule has 0 radical (unpaired) electrons. The van der Waals surface area contributed by atoms with Gasteiger partial charge in [0.05, 0.1) is 23.1 Å². The van der Waals surface area contributed by atoms with Gasteiger partial charge in [-0.2, -0.15) is 5.10 Å². The molecule has 0 amide bonds. The summed E-state index contributed by atoms with van der Waals surface area (Å²) in [4.78, 5) is 14.7. The summed E-state index contributed by atoms with van der Waals surface area (Å²) < 4.78 is 0. The first kappa shape index (κ1) is 18.7. The first-order valence-corrected chi connectivity index (χ1v) is 11.0. The number of aromatic amines is 1. The summed E-state index contributed by atoms with van der Waals surface area (Å²) in [6.07, 6.45) is 5.71. The monoisotopic (exact) mass is 438 g/mol. The van der Waals surface area contributed by atoms with Crippen LogP contribution in [0.1, 0.15) is 18.2 Å². The Kier molecular flexibility index (Phi) is 4.26. The van der Waals surface area contributed by atoms with Crippen LogP contribution in [0.25, 0.3) is 38.4 Å². The molecule has 32 heavy (non-hydrogen) atoms. The van der Waals surface area contributed by atoms with Gasteiger partial charge in [0, 0.05) is 34.0 Å². The molecule has 3 N–H and O–H groups in total. The quantitative estimate of drug-likeness (QED) is 0.356. The van der Waals surface area contributed by atoms with Crippen molar-refractivity contribution >= 4 is 33.9 Å². The predicted molar refractivity (Wildman–Crippen MR) is 126 cm³/mol. The average molecular weight is 439 g/mol. The molecule has 0 bridgehead atoms. The van der Waals surface area contributed by atoms with Gasteiger partial charge in [-0.1, -0.05) is 6.07 Å². The second kappa shape index (κ2) is 7.28. The van der Waals surface area contributed by atoms with Gasteiger partial charge in [0.25, 0.3) is 0 Å². The smallest absolute Gasteiger partial charge is 0.135 e. The zero-order valence-electron chi connectivity index (χ0n) is 17.1. The summed E-state index contributed by atoms with van der Waals surface area (Å²) in [5.74, 6) is 0.953. The van der Waals surface area contributed by atoms with Gasteiger partial charge in [-0.25, -0.2) is 9.97 Å². The number of thiophene rings is 1. The summed E-state index contributed by atoms with van der Waals surface area (Å²) in [6, 6.07) is 11.8. The van der Waals surface area contributed by atoms with Crippen LogP contribution >= 0.6 is 11.3 Å². The number of nitrogens with one attached hydrogen (secondary N) is 2. The number of nitrogens with zero attached hydrogens (tertiary/aromatic N) is 4. The molecular weight excluding hydrogens is 420 g/mol. The minimum atomic E-state index is 0.105. The third kappa shape index (κ3) is 3.04. The first-order chi connectivity index (χ1) is 15.7. The average Bonchev–Trinajstić information content (AvgIpc) is 3.48. The highest BCUT2D eigenvalue weighted by Gasteiger charge is 2.24. The molecule has 6 rings (SSSR count). The van der Waals surface area contributed by atoms with Crippen LogP contribution in [0.3, 0.4) is 0 Å². The summed E-state index contributed by atoms with van der Waals surface area (Å²) in [5, 5.41) is 23.0. The number of aromatic nitrogens is 5. The van der Waals surface area contributed by atoms with Crippen LogP contribution in [-0.2, 0) is 6.42 Å². The number of aromatic hydroxyl groups is 1. The molecule has 5 aromatic rings. The standard InChI is InChI=1S/C24H18N6OS/c1-13-9-17-16(20-3-2-8-32-20)6-7-26-24(17)28-21(13)23-22-19(29-30-23)5-4-18(27-22)14-10-15(31)12-25-11-14/h2-8,10-12,31H,9H2,1H3,(H,26,28)(H,29,30). The topological polar surface area (TPSA) is 99.6 Å². The molecule has 0 saturated heterocycles. The maximum absolute atomic E-state index is 9.79. The van der Waals surface area contributed by atoms with Crippen LogP contribution in [0.2, 0.25) is 0 Å². The van der Waals surface area contributed by atoms with Crippen molar-refractivity contribution in [3.05, 3.63) is 77.2 Å². The van der Waals surface area contributed by atoms with Gasteiger partial charge in [0.1, 0.15) is 22.8 Å². The summed E-state index contributed by atoms with van der Waals surface area (Å²) in [5.41, 5.74) is 8.29. The van der Waals surface area contributed by atoms with Crippen molar-refractivity contribution in [2.75, 3.05) is 5.32 Å². The highest BCUT2D eigenvalue weighted by Crippen LogP contribution is 2.39. The van der Waals surface area contributed by atoms with E-state index in [1.165, 1.54) is 27.8 Å². The van der Waals surface area contributed by atoms with Crippen LogP contribution in [0, 0.1) is 0 Å². The fraction of sp³-hybridized carbons (Fsp3) is 0.0833. The third-order valence-electron chi connectivity index (χ3n) is 5.62.